The molecule has 0 saturated heterocycles. The number of hydrogen-bond donors (Lipinski definition) is 1. The molecule has 3 heteroatoms. The summed E-state index contributed by atoms with van der Waals surface area (Å²) < 4.78 is 10.3. The number of rotatable bonds is 10. The molecule has 0 rings (SSSR count). The van der Waals surface area contributed by atoms with Gasteiger partial charge in [0.05, 0.1) is 19.8 Å². The maximum atomic E-state index is 5.42. The van der Waals surface area contributed by atoms with Crippen molar-refractivity contribution >= 4 is 0 Å². The van der Waals surface area contributed by atoms with Crippen LogP contribution in [0.5, 0.6) is 0 Å². The molecule has 0 fully saturated rings. The highest BCUT2D eigenvalue weighted by molar-refractivity contribution is 4.83. The highest BCUT2D eigenvalue weighted by Crippen LogP contribution is 2.18. The van der Waals surface area contributed by atoms with Gasteiger partial charge in [0, 0.05) is 19.2 Å². The van der Waals surface area contributed by atoms with Crippen molar-refractivity contribution in [2.24, 2.45) is 0 Å². The van der Waals surface area contributed by atoms with Crippen LogP contribution in [0, 0.1) is 0 Å². The van der Waals surface area contributed by atoms with Gasteiger partial charge in [-0.15, -0.1) is 0 Å². The smallest absolute Gasteiger partial charge is 0.0700 e. The van der Waals surface area contributed by atoms with Gasteiger partial charge in [-0.3, -0.25) is 0 Å². The van der Waals surface area contributed by atoms with Crippen molar-refractivity contribution < 1.29 is 9.47 Å². The SMILES string of the molecule is CCC(CC)(CC)NCCOCCOC. The summed E-state index contributed by atoms with van der Waals surface area (Å²) in [4.78, 5) is 0. The highest BCUT2D eigenvalue weighted by Gasteiger charge is 2.21. The van der Waals surface area contributed by atoms with Gasteiger partial charge >= 0.3 is 0 Å². The first kappa shape index (κ1) is 14.9. The molecular formula is C12H27NO2. The summed E-state index contributed by atoms with van der Waals surface area (Å²) in [6.07, 6.45) is 3.54. The summed E-state index contributed by atoms with van der Waals surface area (Å²) in [6, 6.07) is 0. The predicted octanol–water partition coefficient (Wildman–Crippen LogP) is 2.21. The second kappa shape index (κ2) is 9.13. The van der Waals surface area contributed by atoms with Gasteiger partial charge in [0.25, 0.3) is 0 Å². The van der Waals surface area contributed by atoms with Crippen molar-refractivity contribution in [1.82, 2.24) is 5.32 Å². The molecule has 15 heavy (non-hydrogen) atoms. The Bertz CT molecular complexity index is 127. The van der Waals surface area contributed by atoms with E-state index in [0.29, 0.717) is 18.8 Å². The molecule has 0 radical (unpaired) electrons. The average Bonchev–Trinajstić information content (AvgIpc) is 2.29. The fourth-order valence-electron chi connectivity index (χ4n) is 1.76. The van der Waals surface area contributed by atoms with E-state index in [2.05, 4.69) is 26.1 Å². The topological polar surface area (TPSA) is 30.5 Å². The zero-order valence-electron chi connectivity index (χ0n) is 10.8. The lowest BCUT2D eigenvalue weighted by Gasteiger charge is -2.32. The Morgan fingerprint density at radius 2 is 1.53 bits per heavy atom. The van der Waals surface area contributed by atoms with Crippen molar-refractivity contribution in [2.45, 2.75) is 45.6 Å². The molecule has 0 saturated carbocycles. The van der Waals surface area contributed by atoms with Crippen LogP contribution in [0.3, 0.4) is 0 Å². The van der Waals surface area contributed by atoms with E-state index in [1.807, 2.05) is 0 Å². The fraction of sp³-hybridized carbons (Fsp3) is 1.00. The summed E-state index contributed by atoms with van der Waals surface area (Å²) in [7, 11) is 1.69. The van der Waals surface area contributed by atoms with Crippen LogP contribution in [0.15, 0.2) is 0 Å². The molecule has 0 atom stereocenters. The molecule has 0 unspecified atom stereocenters. The van der Waals surface area contributed by atoms with Crippen molar-refractivity contribution in [2.75, 3.05) is 33.5 Å². The van der Waals surface area contributed by atoms with E-state index in [1.54, 1.807) is 7.11 Å². The molecule has 0 aromatic rings. The monoisotopic (exact) mass is 217 g/mol. The second-order valence-corrected chi connectivity index (χ2v) is 3.87. The molecule has 0 aliphatic carbocycles. The van der Waals surface area contributed by atoms with Gasteiger partial charge in [0.2, 0.25) is 0 Å². The quantitative estimate of drug-likeness (QED) is 0.569. The van der Waals surface area contributed by atoms with Crippen LogP contribution < -0.4 is 5.32 Å². The third-order valence-corrected chi connectivity index (χ3v) is 3.21. The van der Waals surface area contributed by atoms with Crippen molar-refractivity contribution in [1.29, 1.82) is 0 Å². The summed E-state index contributed by atoms with van der Waals surface area (Å²) in [5, 5.41) is 3.59. The van der Waals surface area contributed by atoms with E-state index >= 15 is 0 Å². The Labute approximate surface area is 94.5 Å². The third kappa shape index (κ3) is 6.13. The van der Waals surface area contributed by atoms with E-state index in [0.717, 1.165) is 13.2 Å². The first-order valence-corrected chi connectivity index (χ1v) is 6.06. The molecule has 92 valence electrons. The van der Waals surface area contributed by atoms with Crippen LogP contribution in [0.4, 0.5) is 0 Å². The van der Waals surface area contributed by atoms with Crippen LogP contribution in [0.2, 0.25) is 0 Å². The highest BCUT2D eigenvalue weighted by atomic mass is 16.5. The third-order valence-electron chi connectivity index (χ3n) is 3.21. The van der Waals surface area contributed by atoms with Crippen molar-refractivity contribution in [3.8, 4) is 0 Å². The predicted molar refractivity (Wildman–Crippen MR) is 64.3 cm³/mol. The lowest BCUT2D eigenvalue weighted by molar-refractivity contribution is 0.0681. The molecule has 1 N–H and O–H groups in total. The van der Waals surface area contributed by atoms with Gasteiger partial charge < -0.3 is 14.8 Å². The van der Waals surface area contributed by atoms with Gasteiger partial charge in [0.1, 0.15) is 0 Å². The summed E-state index contributed by atoms with van der Waals surface area (Å²) in [5.74, 6) is 0. The second-order valence-electron chi connectivity index (χ2n) is 3.87. The average molecular weight is 217 g/mol. The van der Waals surface area contributed by atoms with Crippen LogP contribution >= 0.6 is 0 Å². The zero-order valence-corrected chi connectivity index (χ0v) is 10.8. The first-order chi connectivity index (χ1) is 7.24. The van der Waals surface area contributed by atoms with E-state index in [-0.39, 0.29) is 0 Å². The molecule has 0 amide bonds. The maximum Gasteiger partial charge on any atom is 0.0700 e. The number of hydrogen-bond acceptors (Lipinski definition) is 3. The summed E-state index contributed by atoms with van der Waals surface area (Å²) in [5.41, 5.74) is 0.310. The van der Waals surface area contributed by atoms with Crippen LogP contribution in [0.25, 0.3) is 0 Å². The Balaban J connectivity index is 3.54. The molecule has 0 aromatic carbocycles. The standard InChI is InChI=1S/C12H27NO2/c1-5-12(6-2,7-3)13-8-9-15-11-10-14-4/h13H,5-11H2,1-4H3. The molecule has 0 spiro atoms. The molecule has 0 aromatic heterocycles. The van der Waals surface area contributed by atoms with Gasteiger partial charge in [-0.25, -0.2) is 0 Å². The van der Waals surface area contributed by atoms with Crippen LogP contribution in [0.1, 0.15) is 40.0 Å². The summed E-state index contributed by atoms with van der Waals surface area (Å²) >= 11 is 0. The minimum Gasteiger partial charge on any atom is -0.382 e. The van der Waals surface area contributed by atoms with E-state index < -0.39 is 0 Å². The van der Waals surface area contributed by atoms with Gasteiger partial charge in [-0.05, 0) is 19.3 Å². The minimum absolute atomic E-state index is 0.310. The molecule has 0 heterocycles. The zero-order chi connectivity index (χ0) is 11.6. The van der Waals surface area contributed by atoms with Gasteiger partial charge in [-0.2, -0.15) is 0 Å². The molecular weight excluding hydrogens is 190 g/mol. The van der Waals surface area contributed by atoms with Gasteiger partial charge in [0.15, 0.2) is 0 Å². The number of ether oxygens (including phenoxy) is 2. The molecule has 0 aliphatic heterocycles. The number of methoxy groups -OCH3 is 1. The van der Waals surface area contributed by atoms with Gasteiger partial charge in [-0.1, -0.05) is 20.8 Å². The summed E-state index contributed by atoms with van der Waals surface area (Å²) in [6.45, 7) is 9.80. The van der Waals surface area contributed by atoms with E-state index in [1.165, 1.54) is 19.3 Å². The molecule has 0 bridgehead atoms. The maximum absolute atomic E-state index is 5.42. The Hall–Kier alpha value is -0.120. The molecule has 3 nitrogen and oxygen atoms in total. The normalized spacial score (nSPS) is 12.0. The fourth-order valence-corrected chi connectivity index (χ4v) is 1.76. The number of nitrogens with one attached hydrogen (secondary N) is 1. The molecule has 0 aliphatic rings. The van der Waals surface area contributed by atoms with E-state index in [4.69, 9.17) is 9.47 Å². The van der Waals surface area contributed by atoms with Crippen molar-refractivity contribution in [3.63, 3.8) is 0 Å². The Morgan fingerprint density at radius 3 is 2.00 bits per heavy atom. The van der Waals surface area contributed by atoms with Crippen LogP contribution in [-0.2, 0) is 9.47 Å². The first-order valence-electron chi connectivity index (χ1n) is 6.06. The van der Waals surface area contributed by atoms with E-state index in [9.17, 15) is 0 Å². The lowest BCUT2D eigenvalue weighted by Crippen LogP contribution is -2.45. The van der Waals surface area contributed by atoms with Crippen molar-refractivity contribution in [3.05, 3.63) is 0 Å². The minimum atomic E-state index is 0.310. The van der Waals surface area contributed by atoms with Crippen LogP contribution in [-0.4, -0.2) is 39.0 Å². The lowest BCUT2D eigenvalue weighted by atomic mass is 9.90. The largest absolute Gasteiger partial charge is 0.382 e. The Kier molecular flexibility index (Phi) is 9.06. The Morgan fingerprint density at radius 1 is 0.933 bits per heavy atom.